The molecule has 1 aromatic heterocycles. The van der Waals surface area contributed by atoms with Gasteiger partial charge >= 0.3 is 0 Å². The standard InChI is InChI=1S/C18H18BrClN2O2/c19-15-3-1-2-13(18(15)20)8-17(24)16-5-4-12(9-21-16)10-22-7-6-14(23)11-22/h1-5,9,14,23H,6-8,10-11H2/t14-/m1/s1. The predicted molar refractivity (Wildman–Crippen MR) is 97.3 cm³/mol. The van der Waals surface area contributed by atoms with Gasteiger partial charge in [0.1, 0.15) is 5.69 Å². The van der Waals surface area contributed by atoms with Gasteiger partial charge in [-0.25, -0.2) is 0 Å². The van der Waals surface area contributed by atoms with Gasteiger partial charge in [0.2, 0.25) is 0 Å². The summed E-state index contributed by atoms with van der Waals surface area (Å²) < 4.78 is 0.783. The number of hydrogen-bond acceptors (Lipinski definition) is 4. The maximum absolute atomic E-state index is 12.4. The molecule has 1 saturated heterocycles. The number of benzene rings is 1. The van der Waals surface area contributed by atoms with Crippen LogP contribution in [0.25, 0.3) is 0 Å². The summed E-state index contributed by atoms with van der Waals surface area (Å²) in [6.45, 7) is 2.33. The summed E-state index contributed by atoms with van der Waals surface area (Å²) in [7, 11) is 0. The minimum Gasteiger partial charge on any atom is -0.392 e. The predicted octanol–water partition coefficient (Wildman–Crippen LogP) is 3.49. The largest absolute Gasteiger partial charge is 0.392 e. The summed E-state index contributed by atoms with van der Waals surface area (Å²) in [5.74, 6) is -0.0573. The van der Waals surface area contributed by atoms with E-state index in [1.54, 1.807) is 12.3 Å². The van der Waals surface area contributed by atoms with Crippen molar-refractivity contribution in [2.75, 3.05) is 13.1 Å². The van der Waals surface area contributed by atoms with Crippen LogP contribution in [0.2, 0.25) is 5.02 Å². The van der Waals surface area contributed by atoms with Gasteiger partial charge in [0.25, 0.3) is 0 Å². The number of aliphatic hydroxyl groups excluding tert-OH is 1. The summed E-state index contributed by atoms with van der Waals surface area (Å²) in [6.07, 6.45) is 2.55. The molecule has 2 heterocycles. The minimum absolute atomic E-state index is 0.0573. The molecule has 0 amide bonds. The first-order valence-electron chi connectivity index (χ1n) is 7.84. The first kappa shape index (κ1) is 17.5. The van der Waals surface area contributed by atoms with Crippen molar-refractivity contribution >= 4 is 33.3 Å². The summed E-state index contributed by atoms with van der Waals surface area (Å²) in [5, 5.41) is 10.1. The van der Waals surface area contributed by atoms with Crippen molar-refractivity contribution in [1.82, 2.24) is 9.88 Å². The van der Waals surface area contributed by atoms with Crippen LogP contribution in [0.1, 0.15) is 28.0 Å². The van der Waals surface area contributed by atoms with Crippen molar-refractivity contribution in [3.8, 4) is 0 Å². The van der Waals surface area contributed by atoms with Gasteiger partial charge in [0, 0.05) is 36.7 Å². The van der Waals surface area contributed by atoms with Crippen LogP contribution in [0.5, 0.6) is 0 Å². The average molecular weight is 410 g/mol. The van der Waals surface area contributed by atoms with Gasteiger partial charge in [-0.3, -0.25) is 14.7 Å². The highest BCUT2D eigenvalue weighted by Gasteiger charge is 2.20. The van der Waals surface area contributed by atoms with Crippen molar-refractivity contribution in [2.24, 2.45) is 0 Å². The fraction of sp³-hybridized carbons (Fsp3) is 0.333. The van der Waals surface area contributed by atoms with Gasteiger partial charge in [0.15, 0.2) is 5.78 Å². The molecule has 24 heavy (non-hydrogen) atoms. The van der Waals surface area contributed by atoms with E-state index in [2.05, 4.69) is 25.8 Å². The second kappa shape index (κ2) is 7.74. The first-order chi connectivity index (χ1) is 11.5. The number of Topliss-reactive ketones (excluding diaryl/α,β-unsaturated/α-hetero) is 1. The van der Waals surface area contributed by atoms with E-state index in [1.807, 2.05) is 24.3 Å². The van der Waals surface area contributed by atoms with E-state index in [-0.39, 0.29) is 18.3 Å². The van der Waals surface area contributed by atoms with Crippen LogP contribution in [0, 0.1) is 0 Å². The van der Waals surface area contributed by atoms with Crippen molar-refractivity contribution in [2.45, 2.75) is 25.5 Å². The molecule has 1 aromatic carbocycles. The van der Waals surface area contributed by atoms with Crippen LogP contribution in [0.3, 0.4) is 0 Å². The molecule has 1 aliphatic heterocycles. The first-order valence-corrected chi connectivity index (χ1v) is 9.01. The van der Waals surface area contributed by atoms with Crippen LogP contribution >= 0.6 is 27.5 Å². The molecule has 0 spiro atoms. The number of halogens is 2. The molecular formula is C18H18BrClN2O2. The Bertz CT molecular complexity index is 736. The second-order valence-electron chi connectivity index (χ2n) is 6.04. The minimum atomic E-state index is -0.228. The number of aromatic nitrogens is 1. The van der Waals surface area contributed by atoms with Gasteiger partial charge in [-0.1, -0.05) is 29.8 Å². The summed E-state index contributed by atoms with van der Waals surface area (Å²) in [6, 6.07) is 9.24. The van der Waals surface area contributed by atoms with Crippen molar-refractivity contribution in [3.63, 3.8) is 0 Å². The molecule has 0 bridgehead atoms. The van der Waals surface area contributed by atoms with Crippen molar-refractivity contribution < 1.29 is 9.90 Å². The number of carbonyl (C=O) groups excluding carboxylic acids is 1. The number of nitrogens with zero attached hydrogens (tertiary/aromatic N) is 2. The highest BCUT2D eigenvalue weighted by molar-refractivity contribution is 9.10. The molecule has 0 radical (unpaired) electrons. The summed E-state index contributed by atoms with van der Waals surface area (Å²) >= 11 is 9.58. The molecule has 2 aromatic rings. The molecule has 1 fully saturated rings. The number of rotatable bonds is 5. The zero-order valence-corrected chi connectivity index (χ0v) is 15.4. The number of likely N-dealkylation sites (tertiary alicyclic amines) is 1. The zero-order valence-electron chi connectivity index (χ0n) is 13.1. The molecule has 126 valence electrons. The van der Waals surface area contributed by atoms with Crippen LogP contribution < -0.4 is 0 Å². The van der Waals surface area contributed by atoms with Gasteiger partial charge < -0.3 is 5.11 Å². The van der Waals surface area contributed by atoms with Gasteiger partial charge in [0.05, 0.1) is 11.1 Å². The molecule has 0 unspecified atom stereocenters. The molecule has 1 N–H and O–H groups in total. The fourth-order valence-electron chi connectivity index (χ4n) is 2.85. The highest BCUT2D eigenvalue weighted by atomic mass is 79.9. The third kappa shape index (κ3) is 4.22. The van der Waals surface area contributed by atoms with E-state index in [0.29, 0.717) is 17.3 Å². The monoisotopic (exact) mass is 408 g/mol. The number of aliphatic hydroxyl groups is 1. The van der Waals surface area contributed by atoms with Crippen LogP contribution in [0.4, 0.5) is 0 Å². The molecular weight excluding hydrogens is 392 g/mol. The Labute approximate surface area is 154 Å². The van der Waals surface area contributed by atoms with E-state index >= 15 is 0 Å². The maximum Gasteiger partial charge on any atom is 0.185 e. The van der Waals surface area contributed by atoms with E-state index in [0.717, 1.165) is 35.1 Å². The number of pyridine rings is 1. The van der Waals surface area contributed by atoms with Gasteiger partial charge in [-0.05, 0) is 45.6 Å². The SMILES string of the molecule is O=C(Cc1cccc(Br)c1Cl)c1ccc(CN2CC[C@@H](O)C2)cn1. The van der Waals surface area contributed by atoms with Gasteiger partial charge in [-0.15, -0.1) is 0 Å². The Morgan fingerprint density at radius 2 is 2.21 bits per heavy atom. The average Bonchev–Trinajstić information content (AvgIpc) is 2.97. The normalized spacial score (nSPS) is 18.0. The van der Waals surface area contributed by atoms with Crippen molar-refractivity contribution in [1.29, 1.82) is 0 Å². The molecule has 0 aliphatic carbocycles. The lowest BCUT2D eigenvalue weighted by atomic mass is 10.1. The maximum atomic E-state index is 12.4. The Morgan fingerprint density at radius 3 is 2.88 bits per heavy atom. The third-order valence-corrected chi connectivity index (χ3v) is 5.48. The molecule has 1 aliphatic rings. The van der Waals surface area contributed by atoms with Crippen molar-refractivity contribution in [3.05, 3.63) is 62.8 Å². The van der Waals surface area contributed by atoms with E-state index in [1.165, 1.54) is 0 Å². The lowest BCUT2D eigenvalue weighted by Gasteiger charge is -2.14. The number of carbonyl (C=O) groups is 1. The fourth-order valence-corrected chi connectivity index (χ4v) is 3.45. The van der Waals surface area contributed by atoms with E-state index in [9.17, 15) is 9.90 Å². The topological polar surface area (TPSA) is 53.4 Å². The lowest BCUT2D eigenvalue weighted by Crippen LogP contribution is -2.21. The van der Waals surface area contributed by atoms with Crippen LogP contribution in [0.15, 0.2) is 41.0 Å². The lowest BCUT2D eigenvalue weighted by molar-refractivity contribution is 0.0988. The number of ketones is 1. The molecule has 1 atom stereocenters. The smallest absolute Gasteiger partial charge is 0.185 e. The van der Waals surface area contributed by atoms with Gasteiger partial charge in [-0.2, -0.15) is 0 Å². The third-order valence-electron chi connectivity index (χ3n) is 4.15. The highest BCUT2D eigenvalue weighted by Crippen LogP contribution is 2.26. The Kier molecular flexibility index (Phi) is 5.66. The van der Waals surface area contributed by atoms with Crippen LogP contribution in [-0.4, -0.2) is 40.0 Å². The Balaban J connectivity index is 1.64. The molecule has 0 saturated carbocycles. The van der Waals surface area contributed by atoms with E-state index in [4.69, 9.17) is 11.6 Å². The number of β-amino-alcohol motifs (C(OH)–C–C–N with tert-alkyl or cyclic N) is 1. The Morgan fingerprint density at radius 1 is 1.38 bits per heavy atom. The quantitative estimate of drug-likeness (QED) is 0.768. The summed E-state index contributed by atoms with van der Waals surface area (Å²) in [5.41, 5.74) is 2.27. The zero-order chi connectivity index (χ0) is 17.1. The second-order valence-corrected chi connectivity index (χ2v) is 7.27. The van der Waals surface area contributed by atoms with E-state index < -0.39 is 0 Å². The Hall–Kier alpha value is -1.27. The molecule has 6 heteroatoms. The van der Waals surface area contributed by atoms with Crippen LogP contribution in [-0.2, 0) is 13.0 Å². The molecule has 3 rings (SSSR count). The molecule has 4 nitrogen and oxygen atoms in total. The summed E-state index contributed by atoms with van der Waals surface area (Å²) in [4.78, 5) is 18.9. The number of hydrogen-bond donors (Lipinski definition) is 1.